The number of alkyl halides is 1. The standard InChI is InChI=1S/C11H13FN2O/c1-8-4-9(7-15)5-13-11(8)14-3-2-10(12)6-14/h4-5,7,10H,2-3,6H2,1H3. The van der Waals surface area contributed by atoms with Gasteiger partial charge in [-0.2, -0.15) is 0 Å². The molecule has 1 saturated heterocycles. The van der Waals surface area contributed by atoms with Crippen LogP contribution in [0.15, 0.2) is 12.3 Å². The molecule has 1 atom stereocenters. The van der Waals surface area contributed by atoms with Crippen LogP contribution in [0.3, 0.4) is 0 Å². The molecule has 0 saturated carbocycles. The van der Waals surface area contributed by atoms with E-state index in [4.69, 9.17) is 0 Å². The van der Waals surface area contributed by atoms with E-state index in [0.717, 1.165) is 17.7 Å². The highest BCUT2D eigenvalue weighted by Gasteiger charge is 2.23. The molecule has 0 radical (unpaired) electrons. The normalized spacial score (nSPS) is 20.7. The highest BCUT2D eigenvalue weighted by Crippen LogP contribution is 2.23. The molecule has 2 rings (SSSR count). The van der Waals surface area contributed by atoms with Crippen LogP contribution in [0.1, 0.15) is 22.3 Å². The lowest BCUT2D eigenvalue weighted by Gasteiger charge is -2.18. The minimum absolute atomic E-state index is 0.411. The number of halogens is 1. The maximum Gasteiger partial charge on any atom is 0.151 e. The van der Waals surface area contributed by atoms with Crippen LogP contribution < -0.4 is 4.90 Å². The Morgan fingerprint density at radius 1 is 1.67 bits per heavy atom. The Hall–Kier alpha value is -1.45. The monoisotopic (exact) mass is 208 g/mol. The van der Waals surface area contributed by atoms with Gasteiger partial charge in [-0.15, -0.1) is 0 Å². The second kappa shape index (κ2) is 3.96. The third-order valence-electron chi connectivity index (χ3n) is 2.64. The van der Waals surface area contributed by atoms with Crippen molar-refractivity contribution < 1.29 is 9.18 Å². The van der Waals surface area contributed by atoms with Crippen LogP contribution in [0.4, 0.5) is 10.2 Å². The van der Waals surface area contributed by atoms with Gasteiger partial charge in [0.25, 0.3) is 0 Å². The fraction of sp³-hybridized carbons (Fsp3) is 0.455. The molecule has 1 aliphatic heterocycles. The Kier molecular flexibility index (Phi) is 2.66. The van der Waals surface area contributed by atoms with E-state index in [0.29, 0.717) is 25.1 Å². The number of aldehydes is 1. The first-order chi connectivity index (χ1) is 7.20. The van der Waals surface area contributed by atoms with Gasteiger partial charge in [-0.1, -0.05) is 0 Å². The molecule has 0 spiro atoms. The number of hydrogen-bond acceptors (Lipinski definition) is 3. The zero-order chi connectivity index (χ0) is 10.8. The Balaban J connectivity index is 2.25. The van der Waals surface area contributed by atoms with Gasteiger partial charge in [0.15, 0.2) is 6.29 Å². The fourth-order valence-electron chi connectivity index (χ4n) is 1.89. The zero-order valence-electron chi connectivity index (χ0n) is 8.61. The number of carbonyl (C=O) groups is 1. The summed E-state index contributed by atoms with van der Waals surface area (Å²) in [7, 11) is 0. The summed E-state index contributed by atoms with van der Waals surface area (Å²) in [4.78, 5) is 16.6. The molecule has 0 amide bonds. The van der Waals surface area contributed by atoms with E-state index in [-0.39, 0.29) is 0 Å². The Labute approximate surface area is 87.9 Å². The second-order valence-electron chi connectivity index (χ2n) is 3.86. The zero-order valence-corrected chi connectivity index (χ0v) is 8.61. The molecule has 0 N–H and O–H groups in total. The molecule has 0 aliphatic carbocycles. The summed E-state index contributed by atoms with van der Waals surface area (Å²) in [5.74, 6) is 0.792. The van der Waals surface area contributed by atoms with E-state index >= 15 is 0 Å². The number of carbonyl (C=O) groups excluding carboxylic acids is 1. The van der Waals surface area contributed by atoms with Crippen molar-refractivity contribution >= 4 is 12.1 Å². The van der Waals surface area contributed by atoms with Gasteiger partial charge in [-0.05, 0) is 25.0 Å². The first-order valence-corrected chi connectivity index (χ1v) is 5.01. The van der Waals surface area contributed by atoms with E-state index in [1.807, 2.05) is 11.8 Å². The van der Waals surface area contributed by atoms with Crippen molar-refractivity contribution in [1.29, 1.82) is 0 Å². The van der Waals surface area contributed by atoms with Gasteiger partial charge in [-0.25, -0.2) is 9.37 Å². The molecule has 2 heterocycles. The molecule has 0 aromatic carbocycles. The largest absolute Gasteiger partial charge is 0.353 e. The lowest BCUT2D eigenvalue weighted by atomic mass is 10.2. The number of rotatable bonds is 2. The van der Waals surface area contributed by atoms with Gasteiger partial charge in [0.1, 0.15) is 12.0 Å². The Morgan fingerprint density at radius 2 is 2.47 bits per heavy atom. The van der Waals surface area contributed by atoms with Crippen LogP contribution in [-0.4, -0.2) is 30.5 Å². The van der Waals surface area contributed by atoms with Crippen molar-refractivity contribution in [3.05, 3.63) is 23.4 Å². The highest BCUT2D eigenvalue weighted by molar-refractivity contribution is 5.75. The first-order valence-electron chi connectivity index (χ1n) is 5.01. The van der Waals surface area contributed by atoms with Crippen molar-refractivity contribution in [3.8, 4) is 0 Å². The summed E-state index contributed by atoms with van der Waals surface area (Å²) in [5, 5.41) is 0. The number of aromatic nitrogens is 1. The number of hydrogen-bond donors (Lipinski definition) is 0. The van der Waals surface area contributed by atoms with Crippen LogP contribution in [0, 0.1) is 6.92 Å². The van der Waals surface area contributed by atoms with Crippen molar-refractivity contribution in [2.24, 2.45) is 0 Å². The summed E-state index contributed by atoms with van der Waals surface area (Å²) in [6, 6.07) is 1.78. The van der Waals surface area contributed by atoms with E-state index < -0.39 is 6.17 Å². The van der Waals surface area contributed by atoms with E-state index in [2.05, 4.69) is 4.98 Å². The minimum Gasteiger partial charge on any atom is -0.353 e. The van der Waals surface area contributed by atoms with E-state index in [1.54, 1.807) is 6.07 Å². The molecule has 3 nitrogen and oxygen atoms in total. The van der Waals surface area contributed by atoms with Crippen molar-refractivity contribution in [3.63, 3.8) is 0 Å². The summed E-state index contributed by atoms with van der Waals surface area (Å²) in [6.07, 6.45) is 2.11. The van der Waals surface area contributed by atoms with Crippen LogP contribution in [-0.2, 0) is 0 Å². The fourth-order valence-corrected chi connectivity index (χ4v) is 1.89. The third-order valence-corrected chi connectivity index (χ3v) is 2.64. The summed E-state index contributed by atoms with van der Waals surface area (Å²) < 4.78 is 13.0. The van der Waals surface area contributed by atoms with Crippen LogP contribution in [0.5, 0.6) is 0 Å². The van der Waals surface area contributed by atoms with Gasteiger partial charge in [-0.3, -0.25) is 4.79 Å². The van der Waals surface area contributed by atoms with Crippen molar-refractivity contribution in [1.82, 2.24) is 4.98 Å². The quantitative estimate of drug-likeness (QED) is 0.694. The molecular weight excluding hydrogens is 195 g/mol. The van der Waals surface area contributed by atoms with Gasteiger partial charge < -0.3 is 4.90 Å². The number of anilines is 1. The molecule has 1 fully saturated rings. The topological polar surface area (TPSA) is 33.2 Å². The minimum atomic E-state index is -0.753. The number of nitrogens with zero attached hydrogens (tertiary/aromatic N) is 2. The van der Waals surface area contributed by atoms with Crippen LogP contribution in [0.2, 0.25) is 0 Å². The van der Waals surface area contributed by atoms with Gasteiger partial charge >= 0.3 is 0 Å². The maximum atomic E-state index is 13.0. The first kappa shape index (κ1) is 10.1. The smallest absolute Gasteiger partial charge is 0.151 e. The number of aryl methyl sites for hydroxylation is 1. The number of pyridine rings is 1. The lowest BCUT2D eigenvalue weighted by Crippen LogP contribution is -2.22. The maximum absolute atomic E-state index is 13.0. The highest BCUT2D eigenvalue weighted by atomic mass is 19.1. The molecule has 15 heavy (non-hydrogen) atoms. The van der Waals surface area contributed by atoms with E-state index in [9.17, 15) is 9.18 Å². The molecule has 80 valence electrons. The summed E-state index contributed by atoms with van der Waals surface area (Å²) in [5.41, 5.74) is 1.49. The average Bonchev–Trinajstić information content (AvgIpc) is 2.64. The van der Waals surface area contributed by atoms with Crippen molar-refractivity contribution in [2.45, 2.75) is 19.5 Å². The molecule has 1 aliphatic rings. The van der Waals surface area contributed by atoms with Gasteiger partial charge in [0.2, 0.25) is 0 Å². The second-order valence-corrected chi connectivity index (χ2v) is 3.86. The summed E-state index contributed by atoms with van der Waals surface area (Å²) in [6.45, 7) is 3.00. The molecular formula is C11H13FN2O. The molecule has 4 heteroatoms. The van der Waals surface area contributed by atoms with Gasteiger partial charge in [0, 0.05) is 18.3 Å². The average molecular weight is 208 g/mol. The molecule has 1 aromatic rings. The predicted octanol–water partition coefficient (Wildman–Crippen LogP) is 1.75. The Bertz CT molecular complexity index is 381. The molecule has 1 aromatic heterocycles. The molecule has 1 unspecified atom stereocenters. The van der Waals surface area contributed by atoms with Crippen LogP contribution in [0.25, 0.3) is 0 Å². The van der Waals surface area contributed by atoms with E-state index in [1.165, 1.54) is 6.20 Å². The lowest BCUT2D eigenvalue weighted by molar-refractivity contribution is 0.112. The van der Waals surface area contributed by atoms with Crippen molar-refractivity contribution in [2.75, 3.05) is 18.0 Å². The SMILES string of the molecule is Cc1cc(C=O)cnc1N1CCC(F)C1. The van der Waals surface area contributed by atoms with Gasteiger partial charge in [0.05, 0.1) is 6.54 Å². The third kappa shape index (κ3) is 1.98. The molecule has 0 bridgehead atoms. The predicted molar refractivity (Wildman–Crippen MR) is 56.1 cm³/mol. The Morgan fingerprint density at radius 3 is 3.00 bits per heavy atom. The van der Waals surface area contributed by atoms with Crippen LogP contribution >= 0.6 is 0 Å². The summed E-state index contributed by atoms with van der Waals surface area (Å²) >= 11 is 0.